The van der Waals surface area contributed by atoms with Gasteiger partial charge in [-0.25, -0.2) is 5.01 Å². The molecular weight excluding hydrogens is 140 g/mol. The zero-order valence-corrected chi connectivity index (χ0v) is 6.83. The van der Waals surface area contributed by atoms with Crippen LogP contribution in [0.2, 0.25) is 0 Å². The molecule has 0 spiro atoms. The highest BCUT2D eigenvalue weighted by Crippen LogP contribution is 2.29. The van der Waals surface area contributed by atoms with E-state index >= 15 is 0 Å². The van der Waals surface area contributed by atoms with Gasteiger partial charge in [-0.2, -0.15) is 0 Å². The topological polar surface area (TPSA) is 38.5 Å². The molecule has 1 heterocycles. The van der Waals surface area contributed by atoms with Crippen molar-refractivity contribution in [3.63, 3.8) is 0 Å². The molecule has 0 radical (unpaired) electrons. The summed E-state index contributed by atoms with van der Waals surface area (Å²) < 4.78 is 5.46. The van der Waals surface area contributed by atoms with Gasteiger partial charge in [0.1, 0.15) is 0 Å². The van der Waals surface area contributed by atoms with Gasteiger partial charge in [-0.15, -0.1) is 0 Å². The van der Waals surface area contributed by atoms with Crippen LogP contribution >= 0.6 is 0 Å². The molecule has 0 bridgehead atoms. The van der Waals surface area contributed by atoms with Gasteiger partial charge in [0, 0.05) is 12.6 Å². The summed E-state index contributed by atoms with van der Waals surface area (Å²) in [6, 6.07) is 0.609. The third kappa shape index (κ3) is 1.41. The standard InChI is InChI=1S/C8H16N2O/c9-10-4-5-11-6-7-2-1-3-8(7)10/h7-8H,1-6,9H2/t7-,8-/m0/s1. The highest BCUT2D eigenvalue weighted by atomic mass is 16.5. The van der Waals surface area contributed by atoms with Crippen molar-refractivity contribution in [2.45, 2.75) is 25.3 Å². The van der Waals surface area contributed by atoms with E-state index in [0.717, 1.165) is 19.8 Å². The molecule has 1 aliphatic heterocycles. The quantitative estimate of drug-likeness (QED) is 0.515. The molecule has 64 valence electrons. The third-order valence-corrected chi connectivity index (χ3v) is 2.87. The van der Waals surface area contributed by atoms with E-state index < -0.39 is 0 Å². The minimum absolute atomic E-state index is 0.609. The van der Waals surface area contributed by atoms with Gasteiger partial charge in [0.2, 0.25) is 0 Å². The summed E-state index contributed by atoms with van der Waals surface area (Å²) in [6.07, 6.45) is 3.90. The lowest BCUT2D eigenvalue weighted by molar-refractivity contribution is 0.120. The maximum absolute atomic E-state index is 5.87. The van der Waals surface area contributed by atoms with Crippen LogP contribution in [0.5, 0.6) is 0 Å². The Balaban J connectivity index is 2.03. The third-order valence-electron chi connectivity index (χ3n) is 2.87. The maximum atomic E-state index is 5.87. The minimum atomic E-state index is 0.609. The van der Waals surface area contributed by atoms with E-state index in [1.807, 2.05) is 5.01 Å². The second kappa shape index (κ2) is 3.09. The summed E-state index contributed by atoms with van der Waals surface area (Å²) >= 11 is 0. The lowest BCUT2D eigenvalue weighted by Crippen LogP contribution is -2.43. The second-order valence-corrected chi connectivity index (χ2v) is 3.57. The predicted molar refractivity (Wildman–Crippen MR) is 42.8 cm³/mol. The molecule has 1 saturated heterocycles. The summed E-state index contributed by atoms with van der Waals surface area (Å²) in [5, 5.41) is 1.98. The van der Waals surface area contributed by atoms with Gasteiger partial charge >= 0.3 is 0 Å². The SMILES string of the molecule is NN1CCOC[C@@H]2CCC[C@@H]21. The largest absolute Gasteiger partial charge is 0.380 e. The first-order valence-corrected chi connectivity index (χ1v) is 4.47. The molecule has 1 saturated carbocycles. The Kier molecular flexibility index (Phi) is 2.11. The van der Waals surface area contributed by atoms with Crippen LogP contribution in [0.4, 0.5) is 0 Å². The van der Waals surface area contributed by atoms with Crippen molar-refractivity contribution in [3.8, 4) is 0 Å². The summed E-state index contributed by atoms with van der Waals surface area (Å²) in [7, 11) is 0. The van der Waals surface area contributed by atoms with Crippen LogP contribution in [0.1, 0.15) is 19.3 Å². The number of ether oxygens (including phenoxy) is 1. The highest BCUT2D eigenvalue weighted by molar-refractivity contribution is 4.84. The maximum Gasteiger partial charge on any atom is 0.0607 e. The lowest BCUT2D eigenvalue weighted by atomic mass is 10.1. The van der Waals surface area contributed by atoms with Crippen LogP contribution < -0.4 is 5.84 Å². The molecule has 0 unspecified atom stereocenters. The Hall–Kier alpha value is -0.120. The average molecular weight is 156 g/mol. The van der Waals surface area contributed by atoms with E-state index in [1.165, 1.54) is 19.3 Å². The van der Waals surface area contributed by atoms with Gasteiger partial charge in [-0.3, -0.25) is 5.84 Å². The number of hydrogen-bond acceptors (Lipinski definition) is 3. The fraction of sp³-hybridized carbons (Fsp3) is 1.00. The molecule has 0 aromatic carbocycles. The normalized spacial score (nSPS) is 40.1. The summed E-state index contributed by atoms with van der Waals surface area (Å²) in [5.41, 5.74) is 0. The molecule has 2 atom stereocenters. The zero-order chi connectivity index (χ0) is 7.68. The number of nitrogens with zero attached hydrogens (tertiary/aromatic N) is 1. The Morgan fingerprint density at radius 2 is 2.27 bits per heavy atom. The van der Waals surface area contributed by atoms with Crippen molar-refractivity contribution in [2.24, 2.45) is 11.8 Å². The Bertz CT molecular complexity index is 140. The fourth-order valence-corrected chi connectivity index (χ4v) is 2.22. The van der Waals surface area contributed by atoms with Gasteiger partial charge in [0.05, 0.1) is 13.2 Å². The summed E-state index contributed by atoms with van der Waals surface area (Å²) in [4.78, 5) is 0. The molecule has 11 heavy (non-hydrogen) atoms. The Labute approximate surface area is 67.5 Å². The van der Waals surface area contributed by atoms with Crippen molar-refractivity contribution >= 4 is 0 Å². The second-order valence-electron chi connectivity index (χ2n) is 3.57. The molecule has 1 aliphatic carbocycles. The van der Waals surface area contributed by atoms with Crippen LogP contribution in [-0.4, -0.2) is 30.8 Å². The van der Waals surface area contributed by atoms with Crippen molar-refractivity contribution in [2.75, 3.05) is 19.8 Å². The van der Waals surface area contributed by atoms with Gasteiger partial charge in [-0.05, 0) is 18.8 Å². The van der Waals surface area contributed by atoms with Crippen LogP contribution in [0.15, 0.2) is 0 Å². The van der Waals surface area contributed by atoms with Crippen LogP contribution in [0.25, 0.3) is 0 Å². The summed E-state index contributed by atoms with van der Waals surface area (Å²) in [5.74, 6) is 6.58. The number of rotatable bonds is 0. The average Bonchev–Trinajstić information content (AvgIpc) is 2.40. The molecular formula is C8H16N2O. The van der Waals surface area contributed by atoms with E-state index in [1.54, 1.807) is 0 Å². The summed E-state index contributed by atoms with van der Waals surface area (Å²) in [6.45, 7) is 2.64. The monoisotopic (exact) mass is 156 g/mol. The zero-order valence-electron chi connectivity index (χ0n) is 6.83. The molecule has 0 aromatic rings. The van der Waals surface area contributed by atoms with Gasteiger partial charge in [0.15, 0.2) is 0 Å². The van der Waals surface area contributed by atoms with E-state index in [2.05, 4.69) is 0 Å². The minimum Gasteiger partial charge on any atom is -0.380 e. The van der Waals surface area contributed by atoms with E-state index in [9.17, 15) is 0 Å². The Morgan fingerprint density at radius 3 is 3.18 bits per heavy atom. The number of hydrazine groups is 1. The molecule has 0 aromatic heterocycles. The molecule has 0 amide bonds. The first-order chi connectivity index (χ1) is 5.38. The van der Waals surface area contributed by atoms with Gasteiger partial charge in [-0.1, -0.05) is 6.42 Å². The van der Waals surface area contributed by atoms with E-state index in [-0.39, 0.29) is 0 Å². The van der Waals surface area contributed by atoms with Crippen molar-refractivity contribution in [3.05, 3.63) is 0 Å². The molecule has 3 nitrogen and oxygen atoms in total. The Morgan fingerprint density at radius 1 is 1.36 bits per heavy atom. The molecule has 2 aliphatic rings. The van der Waals surface area contributed by atoms with Crippen LogP contribution in [0, 0.1) is 5.92 Å². The lowest BCUT2D eigenvalue weighted by Gasteiger charge is -2.24. The first kappa shape index (κ1) is 7.53. The number of fused-ring (bicyclic) bond motifs is 1. The molecule has 2 N–H and O–H groups in total. The van der Waals surface area contributed by atoms with Gasteiger partial charge < -0.3 is 4.74 Å². The molecule has 2 fully saturated rings. The number of nitrogens with two attached hydrogens (primary N) is 1. The molecule has 2 rings (SSSR count). The number of hydrogen-bond donors (Lipinski definition) is 1. The van der Waals surface area contributed by atoms with Crippen LogP contribution in [0.3, 0.4) is 0 Å². The van der Waals surface area contributed by atoms with E-state index in [4.69, 9.17) is 10.6 Å². The fourth-order valence-electron chi connectivity index (χ4n) is 2.22. The van der Waals surface area contributed by atoms with Crippen molar-refractivity contribution in [1.82, 2.24) is 5.01 Å². The highest BCUT2D eigenvalue weighted by Gasteiger charge is 2.32. The van der Waals surface area contributed by atoms with Crippen LogP contribution in [-0.2, 0) is 4.74 Å². The van der Waals surface area contributed by atoms with Crippen molar-refractivity contribution < 1.29 is 4.74 Å². The smallest absolute Gasteiger partial charge is 0.0607 e. The van der Waals surface area contributed by atoms with E-state index in [0.29, 0.717) is 12.0 Å². The predicted octanol–water partition coefficient (Wildman–Crippen LogP) is 0.361. The first-order valence-electron chi connectivity index (χ1n) is 4.47. The molecule has 3 heteroatoms. The van der Waals surface area contributed by atoms with Gasteiger partial charge in [0.25, 0.3) is 0 Å². The van der Waals surface area contributed by atoms with Crippen molar-refractivity contribution in [1.29, 1.82) is 0 Å².